The average Bonchev–Trinajstić information content (AvgIpc) is 3.28. The molecule has 0 fully saturated rings. The van der Waals surface area contributed by atoms with E-state index in [2.05, 4.69) is 20.6 Å². The molecule has 0 bridgehead atoms. The second-order valence-corrected chi connectivity index (χ2v) is 7.74. The molecule has 0 aliphatic rings. The van der Waals surface area contributed by atoms with Gasteiger partial charge in [-0.05, 0) is 50.4 Å². The van der Waals surface area contributed by atoms with Crippen molar-refractivity contribution in [3.8, 4) is 17.2 Å². The highest BCUT2D eigenvalue weighted by atomic mass is 32.2. The highest BCUT2D eigenvalue weighted by molar-refractivity contribution is 7.98. The summed E-state index contributed by atoms with van der Waals surface area (Å²) in [5.74, 6) is 3.49. The third kappa shape index (κ3) is 4.32. The molecule has 0 saturated heterocycles. The van der Waals surface area contributed by atoms with Gasteiger partial charge < -0.3 is 14.8 Å². The molecule has 0 aliphatic heterocycles. The van der Waals surface area contributed by atoms with Crippen LogP contribution in [0.3, 0.4) is 0 Å². The van der Waals surface area contributed by atoms with Gasteiger partial charge in [0.2, 0.25) is 0 Å². The number of aromatic amines is 1. The van der Waals surface area contributed by atoms with Crippen LogP contribution in [0.1, 0.15) is 13.8 Å². The first-order valence-electron chi connectivity index (χ1n) is 9.29. The lowest BCUT2D eigenvalue weighted by molar-refractivity contribution is 0.242. The number of benzene rings is 2. The quantitative estimate of drug-likeness (QED) is 0.401. The molecular weight excluding hydrogens is 386 g/mol. The standard InChI is InChI=1S/C21H23N5O2S/c1-13(2)27-15-11-17-20(23-24-21(17)22-19-9-10-26(3)25-19)18(12-15)28-14-5-7-16(29-4)8-6-14/h5-13H,1-4H3,(H2,22,23,24,25). The fraction of sp³-hybridized carbons (Fsp3) is 0.238. The van der Waals surface area contributed by atoms with Crippen LogP contribution in [0, 0.1) is 0 Å². The summed E-state index contributed by atoms with van der Waals surface area (Å²) in [4.78, 5) is 1.18. The third-order valence-electron chi connectivity index (χ3n) is 4.23. The maximum atomic E-state index is 6.17. The molecule has 0 aliphatic carbocycles. The number of hydrogen-bond acceptors (Lipinski definition) is 6. The van der Waals surface area contributed by atoms with E-state index in [1.54, 1.807) is 16.4 Å². The molecule has 2 aromatic heterocycles. The van der Waals surface area contributed by atoms with Crippen molar-refractivity contribution in [2.24, 2.45) is 7.05 Å². The summed E-state index contributed by atoms with van der Waals surface area (Å²) in [7, 11) is 1.87. The summed E-state index contributed by atoms with van der Waals surface area (Å²) < 4.78 is 13.8. The van der Waals surface area contributed by atoms with Gasteiger partial charge in [-0.3, -0.25) is 9.78 Å². The monoisotopic (exact) mass is 409 g/mol. The molecule has 0 spiro atoms. The van der Waals surface area contributed by atoms with E-state index in [0.717, 1.165) is 16.7 Å². The molecule has 0 radical (unpaired) electrons. The number of anilines is 2. The normalized spacial score (nSPS) is 11.2. The van der Waals surface area contributed by atoms with Gasteiger partial charge in [0.1, 0.15) is 17.0 Å². The Labute approximate surface area is 173 Å². The van der Waals surface area contributed by atoms with E-state index in [1.807, 2.05) is 75.8 Å². The number of nitrogens with one attached hydrogen (secondary N) is 2. The zero-order valence-corrected chi connectivity index (χ0v) is 17.6. The van der Waals surface area contributed by atoms with Crippen LogP contribution in [0.2, 0.25) is 0 Å². The lowest BCUT2D eigenvalue weighted by Crippen LogP contribution is -2.05. The fourth-order valence-corrected chi connectivity index (χ4v) is 3.36. The Morgan fingerprint density at radius 2 is 1.90 bits per heavy atom. The van der Waals surface area contributed by atoms with Gasteiger partial charge in [-0.25, -0.2) is 0 Å². The number of thioether (sulfide) groups is 1. The molecule has 29 heavy (non-hydrogen) atoms. The zero-order chi connectivity index (χ0) is 20.4. The highest BCUT2D eigenvalue weighted by Gasteiger charge is 2.15. The number of hydrogen-bond donors (Lipinski definition) is 2. The maximum Gasteiger partial charge on any atom is 0.161 e. The van der Waals surface area contributed by atoms with Crippen LogP contribution in [0.4, 0.5) is 11.6 Å². The largest absolute Gasteiger partial charge is 0.491 e. The van der Waals surface area contributed by atoms with Gasteiger partial charge in [0, 0.05) is 30.3 Å². The zero-order valence-electron chi connectivity index (χ0n) is 16.8. The van der Waals surface area contributed by atoms with Crippen LogP contribution in [-0.4, -0.2) is 32.3 Å². The molecule has 0 unspecified atom stereocenters. The summed E-state index contributed by atoms with van der Waals surface area (Å²) in [6.45, 7) is 3.99. The van der Waals surface area contributed by atoms with Crippen molar-refractivity contribution in [3.05, 3.63) is 48.7 Å². The van der Waals surface area contributed by atoms with Crippen molar-refractivity contribution in [2.75, 3.05) is 11.6 Å². The molecule has 150 valence electrons. The van der Waals surface area contributed by atoms with Crippen LogP contribution in [0.15, 0.2) is 53.6 Å². The highest BCUT2D eigenvalue weighted by Crippen LogP contribution is 2.37. The van der Waals surface area contributed by atoms with Crippen molar-refractivity contribution in [1.82, 2.24) is 20.0 Å². The lowest BCUT2D eigenvalue weighted by Gasteiger charge is -2.13. The Bertz CT molecular complexity index is 1120. The predicted octanol–water partition coefficient (Wildman–Crippen LogP) is 5.34. The molecule has 8 heteroatoms. The Hall–Kier alpha value is -3.13. The number of ether oxygens (including phenoxy) is 2. The molecule has 7 nitrogen and oxygen atoms in total. The first kappa shape index (κ1) is 19.2. The minimum absolute atomic E-state index is 0.0419. The predicted molar refractivity (Wildman–Crippen MR) is 117 cm³/mol. The van der Waals surface area contributed by atoms with Crippen molar-refractivity contribution < 1.29 is 9.47 Å². The Balaban J connectivity index is 1.73. The van der Waals surface area contributed by atoms with E-state index in [0.29, 0.717) is 23.1 Å². The second kappa shape index (κ2) is 8.08. The van der Waals surface area contributed by atoms with E-state index >= 15 is 0 Å². The number of aromatic nitrogens is 4. The van der Waals surface area contributed by atoms with E-state index in [4.69, 9.17) is 9.47 Å². The van der Waals surface area contributed by atoms with Crippen LogP contribution >= 0.6 is 11.8 Å². The van der Waals surface area contributed by atoms with E-state index < -0.39 is 0 Å². The van der Waals surface area contributed by atoms with Gasteiger partial charge in [0.05, 0.1) is 11.5 Å². The summed E-state index contributed by atoms with van der Waals surface area (Å²) in [5.41, 5.74) is 0.786. The molecule has 4 aromatic rings. The minimum Gasteiger partial charge on any atom is -0.491 e. The molecule has 2 heterocycles. The Kier molecular flexibility index (Phi) is 5.35. The number of nitrogens with zero attached hydrogens (tertiary/aromatic N) is 3. The fourth-order valence-electron chi connectivity index (χ4n) is 2.95. The summed E-state index contributed by atoms with van der Waals surface area (Å²) in [5, 5.41) is 16.0. The average molecular weight is 410 g/mol. The number of H-pyrrole nitrogens is 1. The SMILES string of the molecule is CSc1ccc(Oc2cc(OC(C)C)cc3c(Nc4ccn(C)n4)n[nH]c23)cc1. The van der Waals surface area contributed by atoms with Crippen LogP contribution < -0.4 is 14.8 Å². The number of rotatable bonds is 7. The smallest absolute Gasteiger partial charge is 0.161 e. The lowest BCUT2D eigenvalue weighted by atomic mass is 10.2. The number of aryl methyl sites for hydroxylation is 1. The first-order chi connectivity index (χ1) is 14.0. The topological polar surface area (TPSA) is 77.0 Å². The van der Waals surface area contributed by atoms with Gasteiger partial charge in [0.15, 0.2) is 17.4 Å². The van der Waals surface area contributed by atoms with Crippen LogP contribution in [0.5, 0.6) is 17.2 Å². The second-order valence-electron chi connectivity index (χ2n) is 6.86. The molecule has 0 amide bonds. The van der Waals surface area contributed by atoms with Gasteiger partial charge in [-0.2, -0.15) is 10.2 Å². The first-order valence-corrected chi connectivity index (χ1v) is 10.5. The molecule has 2 aromatic carbocycles. The molecule has 4 rings (SSSR count). The van der Waals surface area contributed by atoms with Crippen molar-refractivity contribution in [2.45, 2.75) is 24.8 Å². The van der Waals surface area contributed by atoms with Crippen molar-refractivity contribution in [1.29, 1.82) is 0 Å². The minimum atomic E-state index is 0.0419. The summed E-state index contributed by atoms with van der Waals surface area (Å²) in [6, 6.07) is 13.7. The molecule has 2 N–H and O–H groups in total. The molecular formula is C21H23N5O2S. The van der Waals surface area contributed by atoms with Gasteiger partial charge in [-0.1, -0.05) is 0 Å². The molecule has 0 saturated carbocycles. The number of fused-ring (bicyclic) bond motifs is 1. The summed E-state index contributed by atoms with van der Waals surface area (Å²) >= 11 is 1.69. The van der Waals surface area contributed by atoms with Gasteiger partial charge >= 0.3 is 0 Å². The summed E-state index contributed by atoms with van der Waals surface area (Å²) in [6.07, 6.45) is 3.96. The third-order valence-corrected chi connectivity index (χ3v) is 4.97. The van der Waals surface area contributed by atoms with Crippen molar-refractivity contribution >= 4 is 34.3 Å². The van der Waals surface area contributed by atoms with Crippen LogP contribution in [-0.2, 0) is 7.05 Å². The van der Waals surface area contributed by atoms with Gasteiger partial charge in [-0.15, -0.1) is 11.8 Å². The Morgan fingerprint density at radius 1 is 1.10 bits per heavy atom. The Morgan fingerprint density at radius 3 is 2.55 bits per heavy atom. The maximum absolute atomic E-state index is 6.17. The van der Waals surface area contributed by atoms with Crippen molar-refractivity contribution in [3.63, 3.8) is 0 Å². The molecule has 0 atom stereocenters. The van der Waals surface area contributed by atoms with Crippen LogP contribution in [0.25, 0.3) is 10.9 Å². The van der Waals surface area contributed by atoms with E-state index in [9.17, 15) is 0 Å². The van der Waals surface area contributed by atoms with E-state index in [1.165, 1.54) is 4.90 Å². The van der Waals surface area contributed by atoms with E-state index in [-0.39, 0.29) is 6.10 Å². The van der Waals surface area contributed by atoms with Gasteiger partial charge in [0.25, 0.3) is 0 Å².